The molecule has 3 amide bonds. The summed E-state index contributed by atoms with van der Waals surface area (Å²) in [7, 11) is 0. The average Bonchev–Trinajstić information content (AvgIpc) is 2.75. The molecule has 0 aliphatic rings. The SMILES string of the molecule is CCCCCCCN(C(=O)C(NC(=O)OC(C)(C)C)C(C)C)C(C(=O)NC(C)(C)C)c1ccc(C)c(C)c1. The van der Waals surface area contributed by atoms with Crippen molar-refractivity contribution in [2.75, 3.05) is 6.54 Å². The van der Waals surface area contributed by atoms with Crippen molar-refractivity contribution in [3.63, 3.8) is 0 Å². The molecule has 0 saturated carbocycles. The molecule has 2 atom stereocenters. The number of rotatable bonds is 12. The zero-order valence-corrected chi connectivity index (χ0v) is 25.8. The first-order valence-corrected chi connectivity index (χ1v) is 14.2. The van der Waals surface area contributed by atoms with Crippen LogP contribution in [0, 0.1) is 19.8 Å². The fraction of sp³-hybridized carbons (Fsp3) is 0.710. The first-order valence-electron chi connectivity index (χ1n) is 14.2. The van der Waals surface area contributed by atoms with Gasteiger partial charge in [0.15, 0.2) is 0 Å². The van der Waals surface area contributed by atoms with Gasteiger partial charge in [-0.3, -0.25) is 9.59 Å². The van der Waals surface area contributed by atoms with Crippen LogP contribution in [0.25, 0.3) is 0 Å². The molecule has 7 nitrogen and oxygen atoms in total. The smallest absolute Gasteiger partial charge is 0.408 e. The van der Waals surface area contributed by atoms with Crippen molar-refractivity contribution in [2.24, 2.45) is 5.92 Å². The van der Waals surface area contributed by atoms with Crippen molar-refractivity contribution in [1.82, 2.24) is 15.5 Å². The number of benzene rings is 1. The maximum absolute atomic E-state index is 14.2. The number of alkyl carbamates (subject to hydrolysis) is 1. The number of ether oxygens (including phenoxy) is 1. The quantitative estimate of drug-likeness (QED) is 0.297. The van der Waals surface area contributed by atoms with Crippen LogP contribution in [0.1, 0.15) is 117 Å². The molecule has 7 heteroatoms. The Labute approximate surface area is 231 Å². The lowest BCUT2D eigenvalue weighted by Crippen LogP contribution is -2.56. The van der Waals surface area contributed by atoms with E-state index in [-0.39, 0.29) is 17.7 Å². The third-order valence-corrected chi connectivity index (χ3v) is 6.30. The minimum atomic E-state index is -0.836. The van der Waals surface area contributed by atoms with Crippen molar-refractivity contribution in [3.8, 4) is 0 Å². The molecule has 0 bridgehead atoms. The fourth-order valence-electron chi connectivity index (χ4n) is 4.22. The number of hydrogen-bond donors (Lipinski definition) is 2. The van der Waals surface area contributed by atoms with Crippen LogP contribution in [-0.2, 0) is 14.3 Å². The van der Waals surface area contributed by atoms with Crippen LogP contribution < -0.4 is 10.6 Å². The van der Waals surface area contributed by atoms with E-state index >= 15 is 0 Å². The lowest BCUT2D eigenvalue weighted by Gasteiger charge is -2.37. The predicted octanol–water partition coefficient (Wildman–Crippen LogP) is 6.61. The second-order valence-electron chi connectivity index (χ2n) is 12.8. The molecular formula is C31H53N3O4. The highest BCUT2D eigenvalue weighted by Gasteiger charge is 2.38. The van der Waals surface area contributed by atoms with Gasteiger partial charge in [-0.15, -0.1) is 0 Å². The monoisotopic (exact) mass is 531 g/mol. The molecular weight excluding hydrogens is 478 g/mol. The highest BCUT2D eigenvalue weighted by atomic mass is 16.6. The Balaban J connectivity index is 3.53. The maximum Gasteiger partial charge on any atom is 0.408 e. The van der Waals surface area contributed by atoms with E-state index in [4.69, 9.17) is 4.74 Å². The number of carbonyl (C=O) groups is 3. The number of aryl methyl sites for hydroxylation is 2. The van der Waals surface area contributed by atoms with E-state index in [1.807, 2.05) is 66.7 Å². The van der Waals surface area contributed by atoms with E-state index in [9.17, 15) is 14.4 Å². The van der Waals surface area contributed by atoms with Gasteiger partial charge >= 0.3 is 6.09 Å². The predicted molar refractivity (Wildman–Crippen MR) is 155 cm³/mol. The Morgan fingerprint density at radius 3 is 2.03 bits per heavy atom. The number of nitrogens with one attached hydrogen (secondary N) is 2. The summed E-state index contributed by atoms with van der Waals surface area (Å²) in [5.74, 6) is -0.722. The molecule has 1 aromatic rings. The first kappa shape index (κ1) is 33.5. The van der Waals surface area contributed by atoms with Gasteiger partial charge in [0, 0.05) is 12.1 Å². The van der Waals surface area contributed by atoms with Gasteiger partial charge in [0.1, 0.15) is 17.7 Å². The summed E-state index contributed by atoms with van der Waals surface area (Å²) in [5, 5.41) is 5.89. The molecule has 0 aromatic heterocycles. The number of hydrogen-bond acceptors (Lipinski definition) is 4. The molecule has 0 radical (unpaired) electrons. The van der Waals surface area contributed by atoms with Crippen LogP contribution in [0.4, 0.5) is 4.79 Å². The summed E-state index contributed by atoms with van der Waals surface area (Å²) in [6, 6.07) is 4.25. The minimum Gasteiger partial charge on any atom is -0.444 e. The molecule has 38 heavy (non-hydrogen) atoms. The summed E-state index contributed by atoms with van der Waals surface area (Å²) < 4.78 is 5.46. The van der Waals surface area contributed by atoms with Gasteiger partial charge in [0.25, 0.3) is 0 Å². The molecule has 2 unspecified atom stereocenters. The largest absolute Gasteiger partial charge is 0.444 e. The van der Waals surface area contributed by atoms with Crippen molar-refractivity contribution in [2.45, 2.75) is 131 Å². The van der Waals surface area contributed by atoms with Gasteiger partial charge in [-0.2, -0.15) is 0 Å². The van der Waals surface area contributed by atoms with Gasteiger partial charge in [0.2, 0.25) is 11.8 Å². The Hall–Kier alpha value is -2.57. The Bertz CT molecular complexity index is 928. The van der Waals surface area contributed by atoms with Crippen LogP contribution in [-0.4, -0.2) is 46.5 Å². The van der Waals surface area contributed by atoms with E-state index in [0.29, 0.717) is 6.54 Å². The summed E-state index contributed by atoms with van der Waals surface area (Å²) >= 11 is 0. The van der Waals surface area contributed by atoms with Crippen molar-refractivity contribution in [1.29, 1.82) is 0 Å². The third kappa shape index (κ3) is 11.4. The van der Waals surface area contributed by atoms with Gasteiger partial charge in [-0.25, -0.2) is 4.79 Å². The highest BCUT2D eigenvalue weighted by molar-refractivity contribution is 5.92. The summed E-state index contributed by atoms with van der Waals surface area (Å²) in [6.45, 7) is 21.5. The fourth-order valence-corrected chi connectivity index (χ4v) is 4.22. The van der Waals surface area contributed by atoms with E-state index in [1.54, 1.807) is 25.7 Å². The highest BCUT2D eigenvalue weighted by Crippen LogP contribution is 2.27. The Morgan fingerprint density at radius 2 is 1.53 bits per heavy atom. The van der Waals surface area contributed by atoms with Crippen LogP contribution >= 0.6 is 0 Å². The number of amides is 3. The van der Waals surface area contributed by atoms with Crippen LogP contribution in [0.5, 0.6) is 0 Å². The van der Waals surface area contributed by atoms with Crippen molar-refractivity contribution in [3.05, 3.63) is 34.9 Å². The second kappa shape index (κ2) is 14.5. The van der Waals surface area contributed by atoms with Crippen molar-refractivity contribution >= 4 is 17.9 Å². The zero-order valence-electron chi connectivity index (χ0n) is 25.8. The van der Waals surface area contributed by atoms with E-state index in [2.05, 4.69) is 17.6 Å². The first-order chi connectivity index (χ1) is 17.5. The van der Waals surface area contributed by atoms with Crippen LogP contribution in [0.15, 0.2) is 18.2 Å². The Morgan fingerprint density at radius 1 is 0.921 bits per heavy atom. The maximum atomic E-state index is 14.2. The van der Waals surface area contributed by atoms with Gasteiger partial charge < -0.3 is 20.3 Å². The third-order valence-electron chi connectivity index (χ3n) is 6.30. The summed E-state index contributed by atoms with van der Waals surface area (Å²) in [6.07, 6.45) is 4.42. The van der Waals surface area contributed by atoms with E-state index in [1.165, 1.54) is 0 Å². The Kier molecular flexibility index (Phi) is 12.8. The van der Waals surface area contributed by atoms with Crippen LogP contribution in [0.3, 0.4) is 0 Å². The molecule has 216 valence electrons. The molecule has 0 aliphatic carbocycles. The number of nitrogens with zero attached hydrogens (tertiary/aromatic N) is 1. The zero-order chi connectivity index (χ0) is 29.3. The van der Waals surface area contributed by atoms with E-state index < -0.39 is 29.3 Å². The lowest BCUT2D eigenvalue weighted by molar-refractivity contribution is -0.144. The number of unbranched alkanes of at least 4 members (excludes halogenated alkanes) is 4. The van der Waals surface area contributed by atoms with Crippen molar-refractivity contribution < 1.29 is 19.1 Å². The number of carbonyl (C=O) groups excluding carboxylic acids is 3. The van der Waals surface area contributed by atoms with Gasteiger partial charge in [-0.05, 0) is 84.4 Å². The summed E-state index contributed by atoms with van der Waals surface area (Å²) in [4.78, 5) is 42.4. The minimum absolute atomic E-state index is 0.205. The molecule has 0 heterocycles. The van der Waals surface area contributed by atoms with Crippen LogP contribution in [0.2, 0.25) is 0 Å². The lowest BCUT2D eigenvalue weighted by atomic mass is 9.95. The molecule has 0 spiro atoms. The normalized spacial score (nSPS) is 13.6. The molecule has 2 N–H and O–H groups in total. The molecule has 1 aromatic carbocycles. The molecule has 0 saturated heterocycles. The molecule has 1 rings (SSSR count). The molecule has 0 fully saturated rings. The standard InChI is InChI=1S/C31H53N3O4/c1-12-13-14-15-16-19-34(28(36)25(21(2)3)32-29(37)38-31(9,10)11)26(27(35)33-30(6,7)8)24-18-17-22(4)23(5)20-24/h17-18,20-21,25-26H,12-16,19H2,1-11H3,(H,32,37)(H,33,35). The topological polar surface area (TPSA) is 87.7 Å². The van der Waals surface area contributed by atoms with E-state index in [0.717, 1.165) is 48.8 Å². The van der Waals surface area contributed by atoms with Gasteiger partial charge in [-0.1, -0.05) is 64.7 Å². The average molecular weight is 532 g/mol. The molecule has 0 aliphatic heterocycles. The van der Waals surface area contributed by atoms with Gasteiger partial charge in [0.05, 0.1) is 0 Å². The summed E-state index contributed by atoms with van der Waals surface area (Å²) in [5.41, 5.74) is 1.77. The second-order valence-corrected chi connectivity index (χ2v) is 12.8.